The minimum absolute atomic E-state index is 0.212. The van der Waals surface area contributed by atoms with Crippen molar-refractivity contribution in [1.29, 1.82) is 0 Å². The molecule has 1 aromatic carbocycles. The number of aryl methyl sites for hydroxylation is 2. The van der Waals surface area contributed by atoms with Crippen LogP contribution in [-0.2, 0) is 16.1 Å². The molecule has 0 atom stereocenters. The largest absolute Gasteiger partial charge is 0.461 e. The zero-order valence-electron chi connectivity index (χ0n) is 11.5. The first-order chi connectivity index (χ1) is 9.74. The first-order valence-electron chi connectivity index (χ1n) is 6.60. The summed E-state index contributed by atoms with van der Waals surface area (Å²) in [4.78, 5) is 11.5. The van der Waals surface area contributed by atoms with E-state index in [1.807, 2.05) is 55.6 Å². The van der Waals surface area contributed by atoms with Crippen LogP contribution >= 0.6 is 0 Å². The average molecular weight is 270 g/mol. The highest BCUT2D eigenvalue weighted by atomic mass is 16.5. The summed E-state index contributed by atoms with van der Waals surface area (Å²) in [5.41, 5.74) is 2.18. The molecule has 2 aromatic rings. The maximum absolute atomic E-state index is 11.5. The summed E-state index contributed by atoms with van der Waals surface area (Å²) in [5.74, 6) is -0.212. The van der Waals surface area contributed by atoms with E-state index in [2.05, 4.69) is 5.10 Å². The standard InChI is InChI=1S/C16H18N2O2/c1-14-12-17-18(13-14)10-9-16(19)20-11-5-8-15-6-3-2-4-7-15/h2-8,12-13H,9-11H2,1H3/b8-5+. The minimum atomic E-state index is -0.212. The second-order valence-corrected chi connectivity index (χ2v) is 4.53. The highest BCUT2D eigenvalue weighted by Crippen LogP contribution is 2.01. The number of nitrogens with zero attached hydrogens (tertiary/aromatic N) is 2. The van der Waals surface area contributed by atoms with E-state index in [1.54, 1.807) is 10.9 Å². The Hall–Kier alpha value is -2.36. The van der Waals surface area contributed by atoms with Gasteiger partial charge < -0.3 is 4.74 Å². The summed E-state index contributed by atoms with van der Waals surface area (Å²) in [6.45, 7) is 2.82. The summed E-state index contributed by atoms with van der Waals surface area (Å²) >= 11 is 0. The van der Waals surface area contributed by atoms with Crippen molar-refractivity contribution >= 4 is 12.0 Å². The molecule has 2 rings (SSSR count). The highest BCUT2D eigenvalue weighted by molar-refractivity contribution is 5.69. The van der Waals surface area contributed by atoms with E-state index in [0.717, 1.165) is 11.1 Å². The van der Waals surface area contributed by atoms with Gasteiger partial charge in [-0.2, -0.15) is 5.10 Å². The molecule has 0 unspecified atom stereocenters. The molecule has 0 saturated carbocycles. The molecule has 4 heteroatoms. The molecule has 0 radical (unpaired) electrons. The van der Waals surface area contributed by atoms with Crippen molar-refractivity contribution < 1.29 is 9.53 Å². The predicted octanol–water partition coefficient (Wildman–Crippen LogP) is 2.84. The molecule has 0 aliphatic carbocycles. The first-order valence-corrected chi connectivity index (χ1v) is 6.60. The van der Waals surface area contributed by atoms with Crippen LogP contribution in [0.3, 0.4) is 0 Å². The van der Waals surface area contributed by atoms with Gasteiger partial charge in [0.05, 0.1) is 19.2 Å². The maximum Gasteiger partial charge on any atom is 0.307 e. The third-order valence-corrected chi connectivity index (χ3v) is 2.76. The van der Waals surface area contributed by atoms with Gasteiger partial charge in [-0.1, -0.05) is 36.4 Å². The van der Waals surface area contributed by atoms with E-state index in [9.17, 15) is 4.79 Å². The number of esters is 1. The monoisotopic (exact) mass is 270 g/mol. The van der Waals surface area contributed by atoms with Gasteiger partial charge in [0, 0.05) is 6.20 Å². The first kappa shape index (κ1) is 14.1. The number of rotatable bonds is 6. The SMILES string of the molecule is Cc1cnn(CCC(=O)OC/C=C/c2ccccc2)c1. The molecule has 1 heterocycles. The zero-order valence-corrected chi connectivity index (χ0v) is 11.5. The molecule has 4 nitrogen and oxygen atoms in total. The number of carbonyl (C=O) groups excluding carboxylic acids is 1. The zero-order chi connectivity index (χ0) is 14.2. The molecule has 104 valence electrons. The Labute approximate surface area is 118 Å². The molecule has 0 aliphatic rings. The van der Waals surface area contributed by atoms with Crippen LogP contribution in [0, 0.1) is 6.92 Å². The van der Waals surface area contributed by atoms with Crippen molar-refractivity contribution in [1.82, 2.24) is 9.78 Å². The lowest BCUT2D eigenvalue weighted by Gasteiger charge is -2.02. The average Bonchev–Trinajstić information content (AvgIpc) is 2.88. The molecule has 0 amide bonds. The van der Waals surface area contributed by atoms with Crippen LogP contribution in [0.2, 0.25) is 0 Å². The van der Waals surface area contributed by atoms with E-state index in [-0.39, 0.29) is 5.97 Å². The van der Waals surface area contributed by atoms with E-state index >= 15 is 0 Å². The Morgan fingerprint density at radius 2 is 2.15 bits per heavy atom. The van der Waals surface area contributed by atoms with E-state index in [4.69, 9.17) is 4.74 Å². The summed E-state index contributed by atoms with van der Waals surface area (Å²) in [5, 5.41) is 4.12. The number of benzene rings is 1. The lowest BCUT2D eigenvalue weighted by atomic mass is 10.2. The molecule has 0 N–H and O–H groups in total. The Bertz CT molecular complexity index is 573. The van der Waals surface area contributed by atoms with Gasteiger partial charge in [-0.3, -0.25) is 9.48 Å². The molecule has 0 fully saturated rings. The Morgan fingerprint density at radius 1 is 1.35 bits per heavy atom. The molecule has 1 aromatic heterocycles. The lowest BCUT2D eigenvalue weighted by Crippen LogP contribution is -2.09. The van der Waals surface area contributed by atoms with E-state index < -0.39 is 0 Å². The van der Waals surface area contributed by atoms with Crippen LogP contribution in [0.4, 0.5) is 0 Å². The van der Waals surface area contributed by atoms with Gasteiger partial charge >= 0.3 is 5.97 Å². The van der Waals surface area contributed by atoms with Crippen molar-refractivity contribution in [3.05, 3.63) is 59.9 Å². The lowest BCUT2D eigenvalue weighted by molar-refractivity contribution is -0.142. The van der Waals surface area contributed by atoms with Gasteiger partial charge in [0.25, 0.3) is 0 Å². The predicted molar refractivity (Wildman–Crippen MR) is 78.0 cm³/mol. The van der Waals surface area contributed by atoms with Crippen LogP contribution in [0.25, 0.3) is 6.08 Å². The van der Waals surface area contributed by atoms with Gasteiger partial charge in [-0.05, 0) is 24.1 Å². The van der Waals surface area contributed by atoms with E-state index in [0.29, 0.717) is 19.6 Å². The molecule has 0 aliphatic heterocycles. The molecule has 0 saturated heterocycles. The fourth-order valence-corrected chi connectivity index (χ4v) is 1.76. The van der Waals surface area contributed by atoms with Crippen LogP contribution in [0.1, 0.15) is 17.5 Å². The fourth-order valence-electron chi connectivity index (χ4n) is 1.76. The number of hydrogen-bond acceptors (Lipinski definition) is 3. The number of ether oxygens (including phenoxy) is 1. The van der Waals surface area contributed by atoms with Gasteiger partial charge in [0.15, 0.2) is 0 Å². The van der Waals surface area contributed by atoms with E-state index in [1.165, 1.54) is 0 Å². The number of aromatic nitrogens is 2. The quantitative estimate of drug-likeness (QED) is 0.758. The smallest absolute Gasteiger partial charge is 0.307 e. The second kappa shape index (κ2) is 7.28. The summed E-state index contributed by atoms with van der Waals surface area (Å²) in [7, 11) is 0. The summed E-state index contributed by atoms with van der Waals surface area (Å²) in [6, 6.07) is 9.90. The Morgan fingerprint density at radius 3 is 2.85 bits per heavy atom. The second-order valence-electron chi connectivity index (χ2n) is 4.53. The summed E-state index contributed by atoms with van der Waals surface area (Å²) in [6.07, 6.45) is 7.78. The Balaban J connectivity index is 1.66. The van der Waals surface area contributed by atoms with Crippen LogP contribution in [0.15, 0.2) is 48.8 Å². The molecule has 20 heavy (non-hydrogen) atoms. The maximum atomic E-state index is 11.5. The third-order valence-electron chi connectivity index (χ3n) is 2.76. The van der Waals surface area contributed by atoms with Gasteiger partial charge in [-0.15, -0.1) is 0 Å². The fraction of sp³-hybridized carbons (Fsp3) is 0.250. The molecule has 0 bridgehead atoms. The normalized spacial score (nSPS) is 10.8. The molecular formula is C16H18N2O2. The molecular weight excluding hydrogens is 252 g/mol. The van der Waals surface area contributed by atoms with Crippen LogP contribution in [-0.4, -0.2) is 22.4 Å². The number of carbonyl (C=O) groups is 1. The molecule has 0 spiro atoms. The number of hydrogen-bond donors (Lipinski definition) is 0. The van der Waals surface area contributed by atoms with Crippen molar-refractivity contribution in [2.75, 3.05) is 6.61 Å². The van der Waals surface area contributed by atoms with Crippen molar-refractivity contribution in [3.8, 4) is 0 Å². The minimum Gasteiger partial charge on any atom is -0.461 e. The van der Waals surface area contributed by atoms with Gasteiger partial charge in [0.2, 0.25) is 0 Å². The van der Waals surface area contributed by atoms with Gasteiger partial charge in [0.1, 0.15) is 6.61 Å². The van der Waals surface area contributed by atoms with Crippen LogP contribution < -0.4 is 0 Å². The van der Waals surface area contributed by atoms with Crippen molar-refractivity contribution in [2.24, 2.45) is 0 Å². The Kier molecular flexibility index (Phi) is 5.12. The van der Waals surface area contributed by atoms with Crippen molar-refractivity contribution in [2.45, 2.75) is 19.9 Å². The van der Waals surface area contributed by atoms with Crippen LogP contribution in [0.5, 0.6) is 0 Å². The van der Waals surface area contributed by atoms with Gasteiger partial charge in [-0.25, -0.2) is 0 Å². The van der Waals surface area contributed by atoms with Crippen molar-refractivity contribution in [3.63, 3.8) is 0 Å². The topological polar surface area (TPSA) is 44.1 Å². The highest BCUT2D eigenvalue weighted by Gasteiger charge is 2.02. The summed E-state index contributed by atoms with van der Waals surface area (Å²) < 4.78 is 6.87. The third kappa shape index (κ3) is 4.72.